The molecular formula is C19H22N4O2. The van der Waals surface area contributed by atoms with Gasteiger partial charge in [-0.15, -0.1) is 0 Å². The number of piperidine rings is 1. The van der Waals surface area contributed by atoms with Gasteiger partial charge in [0, 0.05) is 45.2 Å². The maximum Gasteiger partial charge on any atom is 0.227 e. The van der Waals surface area contributed by atoms with Crippen molar-refractivity contribution in [2.75, 3.05) is 13.1 Å². The highest BCUT2D eigenvalue weighted by atomic mass is 16.2. The van der Waals surface area contributed by atoms with Gasteiger partial charge >= 0.3 is 0 Å². The highest BCUT2D eigenvalue weighted by Crippen LogP contribution is 2.34. The third-order valence-corrected chi connectivity index (χ3v) is 5.25. The Kier molecular flexibility index (Phi) is 4.03. The van der Waals surface area contributed by atoms with Gasteiger partial charge in [0.05, 0.1) is 12.1 Å². The molecule has 1 aromatic heterocycles. The molecule has 0 saturated carbocycles. The van der Waals surface area contributed by atoms with Crippen LogP contribution < -0.4 is 5.32 Å². The van der Waals surface area contributed by atoms with Crippen LogP contribution in [-0.4, -0.2) is 39.6 Å². The van der Waals surface area contributed by atoms with Gasteiger partial charge in [-0.1, -0.05) is 24.3 Å². The van der Waals surface area contributed by atoms with Crippen LogP contribution in [0, 0.1) is 5.92 Å². The van der Waals surface area contributed by atoms with E-state index in [2.05, 4.69) is 28.6 Å². The summed E-state index contributed by atoms with van der Waals surface area (Å²) in [7, 11) is 1.91. The van der Waals surface area contributed by atoms with E-state index in [4.69, 9.17) is 0 Å². The summed E-state index contributed by atoms with van der Waals surface area (Å²) in [6.07, 6.45) is 4.99. The lowest BCUT2D eigenvalue weighted by Crippen LogP contribution is -2.47. The van der Waals surface area contributed by atoms with Crippen molar-refractivity contribution in [1.82, 2.24) is 20.0 Å². The summed E-state index contributed by atoms with van der Waals surface area (Å²) in [4.78, 5) is 26.3. The number of rotatable bonds is 2. The Balaban J connectivity index is 1.61. The summed E-state index contributed by atoms with van der Waals surface area (Å²) < 4.78 is 1.80. The molecule has 1 aromatic carbocycles. The second kappa shape index (κ2) is 6.35. The molecule has 0 radical (unpaired) electrons. The van der Waals surface area contributed by atoms with E-state index >= 15 is 0 Å². The first-order chi connectivity index (χ1) is 12.1. The van der Waals surface area contributed by atoms with Crippen LogP contribution in [0.25, 0.3) is 0 Å². The minimum atomic E-state index is -0.113. The maximum absolute atomic E-state index is 13.0. The summed E-state index contributed by atoms with van der Waals surface area (Å²) >= 11 is 0. The van der Waals surface area contributed by atoms with Crippen molar-refractivity contribution in [2.45, 2.75) is 25.3 Å². The number of nitrogens with zero attached hydrogens (tertiary/aromatic N) is 3. The fourth-order valence-corrected chi connectivity index (χ4v) is 3.88. The van der Waals surface area contributed by atoms with Gasteiger partial charge in [-0.2, -0.15) is 5.10 Å². The molecule has 130 valence electrons. The summed E-state index contributed by atoms with van der Waals surface area (Å²) in [6, 6.07) is 8.32. The molecule has 6 nitrogen and oxygen atoms in total. The minimum Gasteiger partial charge on any atom is -0.355 e. The molecule has 0 bridgehead atoms. The second-order valence-corrected chi connectivity index (χ2v) is 6.96. The van der Waals surface area contributed by atoms with E-state index in [1.165, 1.54) is 11.1 Å². The van der Waals surface area contributed by atoms with Crippen molar-refractivity contribution in [2.24, 2.45) is 13.0 Å². The number of hydrogen-bond donors (Lipinski definition) is 1. The first-order valence-corrected chi connectivity index (χ1v) is 8.73. The van der Waals surface area contributed by atoms with Crippen molar-refractivity contribution in [3.8, 4) is 0 Å². The van der Waals surface area contributed by atoms with Gasteiger partial charge in [0.2, 0.25) is 11.8 Å². The first-order valence-electron chi connectivity index (χ1n) is 8.73. The molecule has 1 saturated heterocycles. The van der Waals surface area contributed by atoms with Crippen LogP contribution in [0.5, 0.6) is 0 Å². The average molecular weight is 338 g/mol. The number of nitrogens with one attached hydrogen (secondary N) is 1. The number of aryl methyl sites for hydroxylation is 1. The molecule has 0 spiro atoms. The number of aromatic nitrogens is 2. The average Bonchev–Trinajstić information content (AvgIpc) is 3.07. The summed E-state index contributed by atoms with van der Waals surface area (Å²) in [6.45, 7) is 1.75. The predicted octanol–water partition coefficient (Wildman–Crippen LogP) is 1.42. The van der Waals surface area contributed by atoms with E-state index in [0.717, 1.165) is 5.56 Å². The topological polar surface area (TPSA) is 67.2 Å². The van der Waals surface area contributed by atoms with Crippen molar-refractivity contribution in [3.63, 3.8) is 0 Å². The SMILES string of the molecule is Cn1cc(C2CN(C(=O)C3CCC(=O)NC3)Cc3ccccc32)cn1. The number of amides is 2. The number of carbonyl (C=O) groups is 2. The summed E-state index contributed by atoms with van der Waals surface area (Å²) in [5, 5.41) is 7.12. The molecule has 2 aliphatic rings. The van der Waals surface area contributed by atoms with Gasteiger partial charge in [0.15, 0.2) is 0 Å². The molecule has 3 heterocycles. The van der Waals surface area contributed by atoms with E-state index in [0.29, 0.717) is 32.5 Å². The molecule has 0 aliphatic carbocycles. The Labute approximate surface area is 146 Å². The van der Waals surface area contributed by atoms with Gasteiger partial charge in [0.1, 0.15) is 0 Å². The molecule has 25 heavy (non-hydrogen) atoms. The molecule has 1 N–H and O–H groups in total. The molecule has 4 rings (SSSR count). The lowest BCUT2D eigenvalue weighted by Gasteiger charge is -2.37. The Morgan fingerprint density at radius 2 is 2.16 bits per heavy atom. The molecule has 6 heteroatoms. The van der Waals surface area contributed by atoms with Gasteiger partial charge in [-0.05, 0) is 23.1 Å². The van der Waals surface area contributed by atoms with Crippen LogP contribution >= 0.6 is 0 Å². The normalized spacial score (nSPS) is 23.1. The maximum atomic E-state index is 13.0. The Bertz CT molecular complexity index is 803. The Morgan fingerprint density at radius 1 is 1.32 bits per heavy atom. The zero-order valence-electron chi connectivity index (χ0n) is 14.3. The number of fused-ring (bicyclic) bond motifs is 1. The highest BCUT2D eigenvalue weighted by Gasteiger charge is 2.34. The van der Waals surface area contributed by atoms with Crippen molar-refractivity contribution in [1.29, 1.82) is 0 Å². The van der Waals surface area contributed by atoms with E-state index < -0.39 is 0 Å². The zero-order valence-corrected chi connectivity index (χ0v) is 14.3. The van der Waals surface area contributed by atoms with Crippen molar-refractivity contribution >= 4 is 11.8 Å². The summed E-state index contributed by atoms with van der Waals surface area (Å²) in [5.74, 6) is 0.211. The number of benzene rings is 1. The van der Waals surface area contributed by atoms with Crippen LogP contribution in [0.3, 0.4) is 0 Å². The van der Waals surface area contributed by atoms with E-state index in [1.54, 1.807) is 4.68 Å². The van der Waals surface area contributed by atoms with Crippen LogP contribution in [0.4, 0.5) is 0 Å². The third-order valence-electron chi connectivity index (χ3n) is 5.25. The number of hydrogen-bond acceptors (Lipinski definition) is 3. The van der Waals surface area contributed by atoms with E-state index in [1.807, 2.05) is 30.4 Å². The molecule has 1 fully saturated rings. The van der Waals surface area contributed by atoms with Crippen LogP contribution in [-0.2, 0) is 23.2 Å². The smallest absolute Gasteiger partial charge is 0.227 e. The Morgan fingerprint density at radius 3 is 2.88 bits per heavy atom. The molecule has 2 aliphatic heterocycles. The molecule has 2 aromatic rings. The minimum absolute atomic E-state index is 0.0428. The van der Waals surface area contributed by atoms with Gasteiger partial charge in [0.25, 0.3) is 0 Å². The van der Waals surface area contributed by atoms with Gasteiger partial charge < -0.3 is 10.2 Å². The largest absolute Gasteiger partial charge is 0.355 e. The standard InChI is InChI=1S/C19H22N4O2/c1-22-10-15(9-21-22)17-12-23(11-14-4-2-3-5-16(14)17)19(25)13-6-7-18(24)20-8-13/h2-5,9-10,13,17H,6-8,11-12H2,1H3,(H,20,24). The lowest BCUT2D eigenvalue weighted by atomic mass is 9.85. The zero-order chi connectivity index (χ0) is 17.4. The quantitative estimate of drug-likeness (QED) is 0.900. The molecule has 2 unspecified atom stereocenters. The van der Waals surface area contributed by atoms with Crippen molar-refractivity contribution in [3.05, 3.63) is 53.3 Å². The van der Waals surface area contributed by atoms with Gasteiger partial charge in [-0.3, -0.25) is 14.3 Å². The number of carbonyl (C=O) groups excluding carboxylic acids is 2. The van der Waals surface area contributed by atoms with Gasteiger partial charge in [-0.25, -0.2) is 0 Å². The third kappa shape index (κ3) is 3.04. The highest BCUT2D eigenvalue weighted by molar-refractivity contribution is 5.84. The predicted molar refractivity (Wildman–Crippen MR) is 92.6 cm³/mol. The summed E-state index contributed by atoms with van der Waals surface area (Å²) in [5.41, 5.74) is 3.59. The fourth-order valence-electron chi connectivity index (χ4n) is 3.88. The first kappa shape index (κ1) is 15.9. The Hall–Kier alpha value is -2.63. The molecule has 2 amide bonds. The van der Waals surface area contributed by atoms with Crippen molar-refractivity contribution < 1.29 is 9.59 Å². The van der Waals surface area contributed by atoms with Crippen LogP contribution in [0.1, 0.15) is 35.4 Å². The fraction of sp³-hybridized carbons (Fsp3) is 0.421. The van der Waals surface area contributed by atoms with E-state index in [-0.39, 0.29) is 23.7 Å². The molecule has 2 atom stereocenters. The van der Waals surface area contributed by atoms with Crippen LogP contribution in [0.15, 0.2) is 36.7 Å². The lowest BCUT2D eigenvalue weighted by molar-refractivity contribution is -0.138. The van der Waals surface area contributed by atoms with Crippen LogP contribution in [0.2, 0.25) is 0 Å². The monoisotopic (exact) mass is 338 g/mol. The van der Waals surface area contributed by atoms with E-state index in [9.17, 15) is 9.59 Å². The second-order valence-electron chi connectivity index (χ2n) is 6.96. The molecular weight excluding hydrogens is 316 g/mol.